The minimum absolute atomic E-state index is 0.189. The summed E-state index contributed by atoms with van der Waals surface area (Å²) < 4.78 is 41.8. The number of nitrogens with zero attached hydrogens (tertiary/aromatic N) is 1. The van der Waals surface area contributed by atoms with Crippen LogP contribution in [0.5, 0.6) is 5.75 Å². The Hall–Kier alpha value is -2.59. The molecule has 1 saturated carbocycles. The van der Waals surface area contributed by atoms with Gasteiger partial charge in [-0.3, -0.25) is 4.79 Å². The second kappa shape index (κ2) is 12.9. The third-order valence-corrected chi connectivity index (χ3v) is 12.7. The van der Waals surface area contributed by atoms with E-state index < -0.39 is 27.3 Å². The lowest BCUT2D eigenvalue weighted by Gasteiger charge is -2.46. The van der Waals surface area contributed by atoms with Gasteiger partial charge in [0.25, 0.3) is 5.91 Å². The Kier molecular flexibility index (Phi) is 9.27. The molecule has 4 aliphatic rings. The smallest absolute Gasteiger partial charge is 0.264 e. The Bertz CT molecular complexity index is 1560. The van der Waals surface area contributed by atoms with Crippen LogP contribution >= 0.6 is 11.6 Å². The number of aliphatic hydroxyl groups is 1. The van der Waals surface area contributed by atoms with Gasteiger partial charge in [-0.15, -0.1) is 0 Å². The monoisotopic (exact) mass is 656 g/mol. The molecule has 0 saturated heterocycles. The maximum atomic E-state index is 13.4. The second-order valence-electron chi connectivity index (χ2n) is 13.8. The van der Waals surface area contributed by atoms with E-state index in [9.17, 15) is 18.3 Å². The number of allylic oxidation sites excluding steroid dienone is 1. The number of anilines is 1. The highest BCUT2D eigenvalue weighted by Crippen LogP contribution is 2.47. The van der Waals surface area contributed by atoms with Gasteiger partial charge in [0.15, 0.2) is 0 Å². The molecule has 2 aliphatic heterocycles. The quantitative estimate of drug-likeness (QED) is 0.412. The zero-order valence-electron chi connectivity index (χ0n) is 26.4. The maximum Gasteiger partial charge on any atom is 0.264 e. The van der Waals surface area contributed by atoms with Crippen LogP contribution in [-0.2, 0) is 26.6 Å². The van der Waals surface area contributed by atoms with Crippen LogP contribution in [0, 0.1) is 17.8 Å². The largest absolute Gasteiger partial charge is 0.490 e. The van der Waals surface area contributed by atoms with Crippen molar-refractivity contribution in [2.45, 2.75) is 82.2 Å². The molecule has 244 valence electrons. The summed E-state index contributed by atoms with van der Waals surface area (Å²) in [5.74, 6) is 0.399. The molecule has 2 aliphatic carbocycles. The van der Waals surface area contributed by atoms with Gasteiger partial charge in [-0.1, -0.05) is 36.7 Å². The molecule has 8 nitrogen and oxygen atoms in total. The highest BCUT2D eigenvalue weighted by molar-refractivity contribution is 7.90. The van der Waals surface area contributed by atoms with Gasteiger partial charge in [-0.2, -0.15) is 0 Å². The molecule has 2 N–H and O–H groups in total. The molecule has 3 unspecified atom stereocenters. The van der Waals surface area contributed by atoms with Crippen LogP contribution in [0.4, 0.5) is 5.69 Å². The third kappa shape index (κ3) is 6.64. The Labute approximate surface area is 272 Å². The van der Waals surface area contributed by atoms with Crippen LogP contribution in [0.15, 0.2) is 48.6 Å². The van der Waals surface area contributed by atoms with Crippen LogP contribution < -0.4 is 14.4 Å². The molecule has 10 heteroatoms. The molecule has 7 atom stereocenters. The van der Waals surface area contributed by atoms with E-state index in [4.69, 9.17) is 21.1 Å². The number of halogens is 1. The molecule has 6 rings (SSSR count). The van der Waals surface area contributed by atoms with E-state index in [0.29, 0.717) is 31.2 Å². The molecule has 0 aromatic heterocycles. The number of carbonyl (C=O) groups excluding carboxylic acids is 1. The topological polar surface area (TPSA) is 105 Å². The van der Waals surface area contributed by atoms with Gasteiger partial charge >= 0.3 is 0 Å². The molecule has 2 heterocycles. The van der Waals surface area contributed by atoms with E-state index in [1.807, 2.05) is 19.1 Å². The van der Waals surface area contributed by atoms with Crippen molar-refractivity contribution in [1.82, 2.24) is 4.72 Å². The molecule has 45 heavy (non-hydrogen) atoms. The average molecular weight is 657 g/mol. The zero-order valence-corrected chi connectivity index (χ0v) is 27.9. The number of nitrogens with one attached hydrogen (secondary N) is 1. The van der Waals surface area contributed by atoms with E-state index in [-0.39, 0.29) is 35.5 Å². The van der Waals surface area contributed by atoms with Gasteiger partial charge in [-0.25, -0.2) is 13.1 Å². The van der Waals surface area contributed by atoms with Crippen LogP contribution in [0.3, 0.4) is 0 Å². The number of aliphatic hydroxyl groups excluding tert-OH is 1. The van der Waals surface area contributed by atoms with Crippen molar-refractivity contribution in [3.8, 4) is 5.75 Å². The summed E-state index contributed by atoms with van der Waals surface area (Å²) in [5.41, 5.74) is 3.33. The minimum Gasteiger partial charge on any atom is -0.490 e. The summed E-state index contributed by atoms with van der Waals surface area (Å²) in [7, 11) is -3.93. The Morgan fingerprint density at radius 2 is 2.02 bits per heavy atom. The lowest BCUT2D eigenvalue weighted by Crippen LogP contribution is -2.50. The first-order valence-corrected chi connectivity index (χ1v) is 18.2. The summed E-state index contributed by atoms with van der Waals surface area (Å²) in [4.78, 5) is 15.8. The summed E-state index contributed by atoms with van der Waals surface area (Å²) >= 11 is 6.42. The average Bonchev–Trinajstić information content (AvgIpc) is 3.13. The van der Waals surface area contributed by atoms with Crippen molar-refractivity contribution in [2.24, 2.45) is 17.8 Å². The van der Waals surface area contributed by atoms with Crippen molar-refractivity contribution in [3.05, 3.63) is 70.3 Å². The first kappa shape index (κ1) is 32.4. The van der Waals surface area contributed by atoms with Crippen molar-refractivity contribution in [3.63, 3.8) is 0 Å². The molecule has 0 radical (unpaired) electrons. The van der Waals surface area contributed by atoms with Crippen molar-refractivity contribution >= 4 is 33.2 Å². The Balaban J connectivity index is 1.42. The van der Waals surface area contributed by atoms with E-state index >= 15 is 0 Å². The van der Waals surface area contributed by atoms with E-state index in [0.717, 1.165) is 49.4 Å². The second-order valence-corrected chi connectivity index (χ2v) is 16.2. The number of hydrogen-bond acceptors (Lipinski definition) is 7. The van der Waals surface area contributed by atoms with Gasteiger partial charge in [-0.05, 0) is 112 Å². The lowest BCUT2D eigenvalue weighted by molar-refractivity contribution is -0.0437. The van der Waals surface area contributed by atoms with Gasteiger partial charge in [0.2, 0.25) is 10.0 Å². The number of fused-ring (bicyclic) bond motifs is 4. The van der Waals surface area contributed by atoms with Gasteiger partial charge in [0.1, 0.15) is 5.75 Å². The number of benzene rings is 2. The molecular weight excluding hydrogens is 612 g/mol. The summed E-state index contributed by atoms with van der Waals surface area (Å²) in [5, 5.41) is 9.98. The Morgan fingerprint density at radius 1 is 1.20 bits per heavy atom. The number of carbonyl (C=O) groups is 1. The van der Waals surface area contributed by atoms with Crippen LogP contribution in [0.2, 0.25) is 5.02 Å². The van der Waals surface area contributed by atoms with Crippen molar-refractivity contribution in [2.75, 3.05) is 31.2 Å². The first-order valence-electron chi connectivity index (χ1n) is 16.3. The molecule has 1 spiro atoms. The fourth-order valence-electron chi connectivity index (χ4n) is 7.57. The predicted octanol–water partition coefficient (Wildman–Crippen LogP) is 5.65. The standard InChI is InChI=1S/C35H45ClN2O6S/c1-22-6-4-8-32(43-19-23(2)39)29-12-9-27(29)18-38-20-35(15-5-7-25-16-28(36)11-13-30(25)35)21-44-33-14-10-26(17-31(33)38)34(40)37-45(41,42)24(22)3/h4,8,10-11,13-14,16-17,22-24,27,29,32,39H,5-7,9,12,15,18-21H2,1-3H3,(H,37,40)/b8-4+/t22?,23-,24?,27+,29-,32?,35+/m1/s1. The van der Waals surface area contributed by atoms with Gasteiger partial charge < -0.3 is 19.5 Å². The number of aryl methyl sites for hydroxylation is 1. The number of rotatable bonds is 3. The van der Waals surface area contributed by atoms with E-state index in [1.165, 1.54) is 11.1 Å². The van der Waals surface area contributed by atoms with E-state index in [2.05, 4.69) is 27.8 Å². The highest BCUT2D eigenvalue weighted by Gasteiger charge is 2.44. The molecule has 2 bridgehead atoms. The number of hydrogen-bond donors (Lipinski definition) is 2. The maximum absolute atomic E-state index is 13.4. The highest BCUT2D eigenvalue weighted by atomic mass is 35.5. The summed E-state index contributed by atoms with van der Waals surface area (Å²) in [6.45, 7) is 7.41. The molecule has 2 aromatic carbocycles. The van der Waals surface area contributed by atoms with Crippen LogP contribution in [0.1, 0.15) is 74.4 Å². The normalized spacial score (nSPS) is 32.6. The third-order valence-electron chi connectivity index (χ3n) is 10.5. The fourth-order valence-corrected chi connectivity index (χ4v) is 9.05. The van der Waals surface area contributed by atoms with Crippen molar-refractivity contribution < 1.29 is 27.8 Å². The van der Waals surface area contributed by atoms with E-state index in [1.54, 1.807) is 32.0 Å². The molecule has 1 fully saturated rings. The minimum atomic E-state index is -3.93. The first-order chi connectivity index (χ1) is 21.5. The summed E-state index contributed by atoms with van der Waals surface area (Å²) in [6.07, 6.45) is 8.82. The molecule has 2 aromatic rings. The Morgan fingerprint density at radius 3 is 2.78 bits per heavy atom. The van der Waals surface area contributed by atoms with Crippen LogP contribution in [0.25, 0.3) is 0 Å². The predicted molar refractivity (Wildman–Crippen MR) is 177 cm³/mol. The van der Waals surface area contributed by atoms with Crippen molar-refractivity contribution in [1.29, 1.82) is 0 Å². The zero-order chi connectivity index (χ0) is 31.9. The lowest BCUT2D eigenvalue weighted by atomic mass is 9.68. The van der Waals surface area contributed by atoms with Gasteiger partial charge in [0.05, 0.1) is 36.4 Å². The molecular formula is C35H45ClN2O6S. The molecule has 1 amide bonds. The van der Waals surface area contributed by atoms with Gasteiger partial charge in [0, 0.05) is 29.1 Å². The fraction of sp³-hybridized carbons (Fsp3) is 0.571. The number of ether oxygens (including phenoxy) is 2. The van der Waals surface area contributed by atoms with Crippen LogP contribution in [-0.4, -0.2) is 63.2 Å². The number of amides is 1. The number of sulfonamides is 1. The SMILES string of the molecule is CC1C/C=C/C(OC[C@@H](C)O)[C@@H]2CC[C@H]2CN2C[C@@]3(CCCc4cc(Cl)ccc43)COc3ccc(cc32)C(=O)NS(=O)(=O)C1C. The summed E-state index contributed by atoms with van der Waals surface area (Å²) in [6, 6.07) is 11.4.